The van der Waals surface area contributed by atoms with Gasteiger partial charge < -0.3 is 10.3 Å². The third-order valence-corrected chi connectivity index (χ3v) is 3.09. The Kier molecular flexibility index (Phi) is 2.61. The van der Waals surface area contributed by atoms with Crippen LogP contribution in [0.25, 0.3) is 22.2 Å². The van der Waals surface area contributed by atoms with Crippen LogP contribution >= 0.6 is 0 Å². The predicted molar refractivity (Wildman–Crippen MR) is 72.1 cm³/mol. The summed E-state index contributed by atoms with van der Waals surface area (Å²) in [7, 11) is 0. The molecule has 0 fully saturated rings. The van der Waals surface area contributed by atoms with Crippen LogP contribution < -0.4 is 5.73 Å². The Bertz CT molecular complexity index is 683. The molecule has 0 spiro atoms. The highest BCUT2D eigenvalue weighted by molar-refractivity contribution is 5.91. The molecule has 1 heterocycles. The summed E-state index contributed by atoms with van der Waals surface area (Å²) in [6, 6.07) is 14.2. The fourth-order valence-corrected chi connectivity index (χ4v) is 2.03. The molecule has 0 aliphatic heterocycles. The van der Waals surface area contributed by atoms with E-state index < -0.39 is 0 Å². The molecule has 0 saturated heterocycles. The molecular weight excluding hydrogens is 224 g/mol. The van der Waals surface area contributed by atoms with Gasteiger partial charge >= 0.3 is 0 Å². The summed E-state index contributed by atoms with van der Waals surface area (Å²) < 4.78 is 5.45. The first kappa shape index (κ1) is 11.0. The van der Waals surface area contributed by atoms with Crippen LogP contribution in [0.2, 0.25) is 0 Å². The van der Waals surface area contributed by atoms with E-state index in [1.807, 2.05) is 30.3 Å². The van der Waals surface area contributed by atoms with Crippen molar-refractivity contribution in [2.45, 2.75) is 13.5 Å². The summed E-state index contributed by atoms with van der Waals surface area (Å²) in [4.78, 5) is 0. The highest BCUT2D eigenvalue weighted by Crippen LogP contribution is 2.29. The molecule has 1 aromatic heterocycles. The van der Waals surface area contributed by atoms with Crippen molar-refractivity contribution in [1.82, 2.24) is 5.16 Å². The van der Waals surface area contributed by atoms with Crippen LogP contribution in [0.5, 0.6) is 0 Å². The van der Waals surface area contributed by atoms with E-state index in [1.54, 1.807) is 0 Å². The third-order valence-electron chi connectivity index (χ3n) is 3.09. The maximum atomic E-state index is 5.62. The van der Waals surface area contributed by atoms with Gasteiger partial charge in [0.15, 0.2) is 5.76 Å². The van der Waals surface area contributed by atoms with E-state index in [9.17, 15) is 0 Å². The number of nitrogens with two attached hydrogens (primary N) is 1. The second-order valence-electron chi connectivity index (χ2n) is 4.43. The highest BCUT2D eigenvalue weighted by atomic mass is 16.5. The second-order valence-corrected chi connectivity index (χ2v) is 4.43. The Labute approximate surface area is 105 Å². The molecule has 0 unspecified atom stereocenters. The van der Waals surface area contributed by atoms with Crippen molar-refractivity contribution in [3.05, 3.63) is 53.6 Å². The zero-order chi connectivity index (χ0) is 12.5. The number of benzene rings is 2. The summed E-state index contributed by atoms with van der Waals surface area (Å²) in [5, 5.41) is 5.12. The van der Waals surface area contributed by atoms with Crippen molar-refractivity contribution in [2.24, 2.45) is 5.73 Å². The van der Waals surface area contributed by atoms with E-state index >= 15 is 0 Å². The van der Waals surface area contributed by atoms with Crippen molar-refractivity contribution >= 4 is 10.9 Å². The number of aryl methyl sites for hydroxylation is 1. The van der Waals surface area contributed by atoms with Gasteiger partial charge in [-0.05, 0) is 24.6 Å². The Morgan fingerprint density at radius 2 is 1.89 bits per heavy atom. The van der Waals surface area contributed by atoms with Crippen molar-refractivity contribution in [3.63, 3.8) is 0 Å². The maximum absolute atomic E-state index is 5.62. The van der Waals surface area contributed by atoms with Crippen LogP contribution in [0.4, 0.5) is 0 Å². The summed E-state index contributed by atoms with van der Waals surface area (Å²) in [5.41, 5.74) is 9.81. The van der Waals surface area contributed by atoms with Crippen LogP contribution in [0.15, 0.2) is 47.0 Å². The summed E-state index contributed by atoms with van der Waals surface area (Å²) in [6.45, 7) is 2.58. The third kappa shape index (κ3) is 1.79. The van der Waals surface area contributed by atoms with E-state index in [0.717, 1.165) is 27.8 Å². The molecule has 3 nitrogen and oxygen atoms in total. The van der Waals surface area contributed by atoms with Gasteiger partial charge in [-0.15, -0.1) is 0 Å². The monoisotopic (exact) mass is 238 g/mol. The number of fused-ring (bicyclic) bond motifs is 1. The largest absolute Gasteiger partial charge is 0.355 e. The van der Waals surface area contributed by atoms with Crippen molar-refractivity contribution in [3.8, 4) is 11.3 Å². The molecule has 0 aliphatic rings. The quantitative estimate of drug-likeness (QED) is 0.745. The van der Waals surface area contributed by atoms with E-state index in [2.05, 4.69) is 24.2 Å². The van der Waals surface area contributed by atoms with Gasteiger partial charge in [-0.25, -0.2) is 0 Å². The number of hydrogen-bond donors (Lipinski definition) is 1. The molecule has 0 atom stereocenters. The van der Waals surface area contributed by atoms with Crippen LogP contribution in [0.1, 0.15) is 11.1 Å². The first-order chi connectivity index (χ1) is 8.78. The predicted octanol–water partition coefficient (Wildman–Crippen LogP) is 3.26. The van der Waals surface area contributed by atoms with Gasteiger partial charge in [-0.1, -0.05) is 41.1 Å². The first-order valence-electron chi connectivity index (χ1n) is 5.93. The fraction of sp³-hybridized carbons (Fsp3) is 0.133. The van der Waals surface area contributed by atoms with Gasteiger partial charge in [-0.3, -0.25) is 0 Å². The smallest absolute Gasteiger partial charge is 0.174 e. The van der Waals surface area contributed by atoms with Crippen molar-refractivity contribution < 1.29 is 4.52 Å². The summed E-state index contributed by atoms with van der Waals surface area (Å²) in [6.07, 6.45) is 0. The van der Waals surface area contributed by atoms with Gasteiger partial charge in [0, 0.05) is 17.5 Å². The molecule has 0 bridgehead atoms. The molecule has 0 amide bonds. The molecule has 90 valence electrons. The topological polar surface area (TPSA) is 52.0 Å². The lowest BCUT2D eigenvalue weighted by Crippen LogP contribution is -1.95. The SMILES string of the molecule is Cc1ccc(-c2onc3cc(CN)ccc23)cc1. The Hall–Kier alpha value is -2.13. The molecule has 2 aromatic carbocycles. The molecule has 0 saturated carbocycles. The van der Waals surface area contributed by atoms with Gasteiger partial charge in [-0.2, -0.15) is 0 Å². The first-order valence-corrected chi connectivity index (χ1v) is 5.93. The minimum absolute atomic E-state index is 0.517. The Morgan fingerprint density at radius 1 is 1.11 bits per heavy atom. The lowest BCUT2D eigenvalue weighted by Gasteiger charge is -1.98. The van der Waals surface area contributed by atoms with E-state index in [4.69, 9.17) is 10.3 Å². The Balaban J connectivity index is 2.15. The zero-order valence-electron chi connectivity index (χ0n) is 10.2. The zero-order valence-corrected chi connectivity index (χ0v) is 10.2. The van der Waals surface area contributed by atoms with Gasteiger partial charge in [0.1, 0.15) is 5.52 Å². The molecule has 0 radical (unpaired) electrons. The minimum atomic E-state index is 0.517. The maximum Gasteiger partial charge on any atom is 0.174 e. The minimum Gasteiger partial charge on any atom is -0.355 e. The number of hydrogen-bond acceptors (Lipinski definition) is 3. The summed E-state index contributed by atoms with van der Waals surface area (Å²) >= 11 is 0. The molecule has 18 heavy (non-hydrogen) atoms. The van der Waals surface area contributed by atoms with Gasteiger partial charge in [0.25, 0.3) is 0 Å². The molecule has 0 aliphatic carbocycles. The van der Waals surface area contributed by atoms with Gasteiger partial charge in [0.05, 0.1) is 0 Å². The van der Waals surface area contributed by atoms with E-state index in [0.29, 0.717) is 6.54 Å². The molecule has 3 aromatic rings. The average molecular weight is 238 g/mol. The number of nitrogens with zero attached hydrogens (tertiary/aromatic N) is 1. The molecule has 3 rings (SSSR count). The number of rotatable bonds is 2. The molecule has 3 heteroatoms. The summed E-state index contributed by atoms with van der Waals surface area (Å²) in [5.74, 6) is 0.813. The standard InChI is InChI=1S/C15H14N2O/c1-10-2-5-12(6-3-10)15-13-7-4-11(9-16)8-14(13)17-18-15/h2-8H,9,16H2,1H3. The lowest BCUT2D eigenvalue weighted by atomic mass is 10.1. The number of aromatic nitrogens is 1. The van der Waals surface area contributed by atoms with Crippen LogP contribution in [-0.2, 0) is 6.54 Å². The highest BCUT2D eigenvalue weighted by Gasteiger charge is 2.10. The lowest BCUT2D eigenvalue weighted by molar-refractivity contribution is 0.441. The average Bonchev–Trinajstić information content (AvgIpc) is 2.82. The normalized spacial score (nSPS) is 11.0. The van der Waals surface area contributed by atoms with Crippen molar-refractivity contribution in [1.29, 1.82) is 0 Å². The van der Waals surface area contributed by atoms with Crippen LogP contribution in [0.3, 0.4) is 0 Å². The van der Waals surface area contributed by atoms with Gasteiger partial charge in [0.2, 0.25) is 0 Å². The van der Waals surface area contributed by atoms with E-state index in [-0.39, 0.29) is 0 Å². The molecule has 2 N–H and O–H groups in total. The van der Waals surface area contributed by atoms with Crippen LogP contribution in [0, 0.1) is 6.92 Å². The second kappa shape index (κ2) is 4.27. The van der Waals surface area contributed by atoms with Crippen LogP contribution in [-0.4, -0.2) is 5.16 Å². The fourth-order valence-electron chi connectivity index (χ4n) is 2.03. The van der Waals surface area contributed by atoms with Crippen molar-refractivity contribution in [2.75, 3.05) is 0 Å². The van der Waals surface area contributed by atoms with E-state index in [1.165, 1.54) is 5.56 Å². The Morgan fingerprint density at radius 3 is 2.61 bits per heavy atom. The molecular formula is C15H14N2O.